The summed E-state index contributed by atoms with van der Waals surface area (Å²) in [4.78, 5) is 24.6. The molecule has 24 heavy (non-hydrogen) atoms. The molecule has 0 heterocycles. The molecule has 2 amide bonds. The summed E-state index contributed by atoms with van der Waals surface area (Å²) < 4.78 is 12.9. The van der Waals surface area contributed by atoms with Gasteiger partial charge in [0.05, 0.1) is 5.92 Å². The van der Waals surface area contributed by atoms with E-state index in [1.54, 1.807) is 0 Å². The lowest BCUT2D eigenvalue weighted by molar-refractivity contribution is -0.124. The molecule has 0 fully saturated rings. The number of halogens is 1. The van der Waals surface area contributed by atoms with Crippen LogP contribution in [-0.2, 0) is 4.79 Å². The van der Waals surface area contributed by atoms with Crippen molar-refractivity contribution in [1.29, 1.82) is 0 Å². The highest BCUT2D eigenvalue weighted by Crippen LogP contribution is 2.26. The van der Waals surface area contributed by atoms with Gasteiger partial charge in [0.2, 0.25) is 5.91 Å². The number of hydrazine groups is 1. The molecule has 126 valence electrons. The van der Waals surface area contributed by atoms with E-state index in [4.69, 9.17) is 0 Å². The summed E-state index contributed by atoms with van der Waals surface area (Å²) in [5, 5.41) is 0. The Kier molecular flexibility index (Phi) is 6.07. The number of carbonyl (C=O) groups excluding carboxylic acids is 2. The van der Waals surface area contributed by atoms with Gasteiger partial charge in [0.25, 0.3) is 5.91 Å². The summed E-state index contributed by atoms with van der Waals surface area (Å²) in [6.45, 7) is 4.02. The van der Waals surface area contributed by atoms with Gasteiger partial charge < -0.3 is 0 Å². The predicted octanol–water partition coefficient (Wildman–Crippen LogP) is 3.42. The second kappa shape index (κ2) is 8.24. The van der Waals surface area contributed by atoms with Crippen molar-refractivity contribution in [2.45, 2.75) is 26.2 Å². The van der Waals surface area contributed by atoms with Gasteiger partial charge in [-0.15, -0.1) is 0 Å². The zero-order valence-electron chi connectivity index (χ0n) is 13.8. The molecule has 0 aromatic heterocycles. The summed E-state index contributed by atoms with van der Waals surface area (Å²) in [6, 6.07) is 14.6. The van der Waals surface area contributed by atoms with Gasteiger partial charge in [0.15, 0.2) is 0 Å². The Bertz CT molecular complexity index is 686. The minimum absolute atomic E-state index is 0.120. The molecule has 0 radical (unpaired) electrons. The second-order valence-electron chi connectivity index (χ2n) is 5.72. The van der Waals surface area contributed by atoms with Crippen LogP contribution in [0, 0.1) is 11.7 Å². The maximum absolute atomic E-state index is 12.9. The first-order valence-electron chi connectivity index (χ1n) is 7.93. The molecule has 0 aliphatic carbocycles. The Morgan fingerprint density at radius 2 is 1.62 bits per heavy atom. The first-order valence-corrected chi connectivity index (χ1v) is 7.93. The van der Waals surface area contributed by atoms with E-state index < -0.39 is 11.7 Å². The van der Waals surface area contributed by atoms with Crippen molar-refractivity contribution < 1.29 is 14.0 Å². The van der Waals surface area contributed by atoms with Gasteiger partial charge in [-0.3, -0.25) is 20.4 Å². The third kappa shape index (κ3) is 4.41. The van der Waals surface area contributed by atoms with Crippen LogP contribution >= 0.6 is 0 Å². The smallest absolute Gasteiger partial charge is 0.269 e. The third-order valence-corrected chi connectivity index (χ3v) is 4.06. The van der Waals surface area contributed by atoms with Gasteiger partial charge in [0.1, 0.15) is 5.82 Å². The van der Waals surface area contributed by atoms with Crippen molar-refractivity contribution in [3.05, 3.63) is 71.5 Å². The number of carbonyl (C=O) groups is 2. The first-order chi connectivity index (χ1) is 11.5. The maximum Gasteiger partial charge on any atom is 0.269 e. The predicted molar refractivity (Wildman–Crippen MR) is 90.6 cm³/mol. The fourth-order valence-electron chi connectivity index (χ4n) is 2.50. The topological polar surface area (TPSA) is 58.2 Å². The third-order valence-electron chi connectivity index (χ3n) is 4.06. The van der Waals surface area contributed by atoms with Crippen LogP contribution in [0.1, 0.15) is 42.1 Å². The van der Waals surface area contributed by atoms with Crippen LogP contribution in [0.15, 0.2) is 54.6 Å². The van der Waals surface area contributed by atoms with Gasteiger partial charge >= 0.3 is 0 Å². The zero-order valence-corrected chi connectivity index (χ0v) is 13.8. The van der Waals surface area contributed by atoms with Crippen LogP contribution in [0.3, 0.4) is 0 Å². The molecule has 0 bridgehead atoms. The van der Waals surface area contributed by atoms with Crippen molar-refractivity contribution in [2.24, 2.45) is 5.92 Å². The van der Waals surface area contributed by atoms with Gasteiger partial charge in [-0.05, 0) is 35.7 Å². The molecule has 0 aliphatic rings. The molecule has 2 atom stereocenters. The van der Waals surface area contributed by atoms with Crippen LogP contribution in [-0.4, -0.2) is 11.8 Å². The standard InChI is InChI=1S/C19H21FN2O2/c1-3-13(2)17(14-7-5-4-6-8-14)19(24)22-21-18(23)15-9-11-16(20)12-10-15/h4-13,17H,3H2,1-2H3,(H,21,23)(H,22,24)/t13-,17+/m1/s1. The minimum Gasteiger partial charge on any atom is -0.273 e. The molecular formula is C19H21FN2O2. The molecule has 5 heteroatoms. The molecule has 2 N–H and O–H groups in total. The normalized spacial score (nSPS) is 13.0. The number of amides is 2. The largest absolute Gasteiger partial charge is 0.273 e. The maximum atomic E-state index is 12.9. The molecule has 0 saturated heterocycles. The van der Waals surface area contributed by atoms with E-state index in [1.807, 2.05) is 44.2 Å². The Morgan fingerprint density at radius 3 is 2.21 bits per heavy atom. The first kappa shape index (κ1) is 17.7. The molecule has 0 spiro atoms. The van der Waals surface area contributed by atoms with Crippen LogP contribution in [0.25, 0.3) is 0 Å². The molecular weight excluding hydrogens is 307 g/mol. The number of benzene rings is 2. The van der Waals surface area contributed by atoms with E-state index in [-0.39, 0.29) is 23.3 Å². The van der Waals surface area contributed by atoms with Gasteiger partial charge in [-0.1, -0.05) is 50.6 Å². The molecule has 0 aliphatic heterocycles. The molecule has 2 rings (SSSR count). The lowest BCUT2D eigenvalue weighted by Crippen LogP contribution is -2.45. The molecule has 0 unspecified atom stereocenters. The Labute approximate surface area is 141 Å². The number of hydrogen-bond donors (Lipinski definition) is 2. The van der Waals surface area contributed by atoms with Crippen molar-refractivity contribution in [1.82, 2.24) is 10.9 Å². The lowest BCUT2D eigenvalue weighted by atomic mass is 9.85. The van der Waals surface area contributed by atoms with E-state index >= 15 is 0 Å². The monoisotopic (exact) mass is 328 g/mol. The summed E-state index contributed by atoms with van der Waals surface area (Å²) >= 11 is 0. The minimum atomic E-state index is -0.487. The zero-order chi connectivity index (χ0) is 17.5. The summed E-state index contributed by atoms with van der Waals surface area (Å²) in [7, 11) is 0. The van der Waals surface area contributed by atoms with Crippen molar-refractivity contribution >= 4 is 11.8 Å². The van der Waals surface area contributed by atoms with Crippen LogP contribution in [0.5, 0.6) is 0 Å². The SMILES string of the molecule is CC[C@@H](C)[C@H](C(=O)NNC(=O)c1ccc(F)cc1)c1ccccc1. The molecule has 2 aromatic rings. The highest BCUT2D eigenvalue weighted by atomic mass is 19.1. The van der Waals surface area contributed by atoms with E-state index in [9.17, 15) is 14.0 Å². The van der Waals surface area contributed by atoms with E-state index in [1.165, 1.54) is 24.3 Å². The Hall–Kier alpha value is -2.69. The van der Waals surface area contributed by atoms with Gasteiger partial charge in [0, 0.05) is 5.56 Å². The van der Waals surface area contributed by atoms with Crippen LogP contribution in [0.2, 0.25) is 0 Å². The highest BCUT2D eigenvalue weighted by Gasteiger charge is 2.26. The number of nitrogens with one attached hydrogen (secondary N) is 2. The quantitative estimate of drug-likeness (QED) is 0.826. The van der Waals surface area contributed by atoms with E-state index in [2.05, 4.69) is 10.9 Å². The number of hydrogen-bond acceptors (Lipinski definition) is 2. The summed E-state index contributed by atoms with van der Waals surface area (Å²) in [5.41, 5.74) is 6.04. The average Bonchev–Trinajstić information content (AvgIpc) is 2.61. The van der Waals surface area contributed by atoms with Crippen LogP contribution < -0.4 is 10.9 Å². The summed E-state index contributed by atoms with van der Waals surface area (Å²) in [5.74, 6) is -1.42. The Morgan fingerprint density at radius 1 is 1.00 bits per heavy atom. The second-order valence-corrected chi connectivity index (χ2v) is 5.72. The number of rotatable bonds is 5. The van der Waals surface area contributed by atoms with Gasteiger partial charge in [-0.25, -0.2) is 4.39 Å². The Balaban J connectivity index is 2.05. The van der Waals surface area contributed by atoms with Crippen molar-refractivity contribution in [2.75, 3.05) is 0 Å². The van der Waals surface area contributed by atoms with Crippen LogP contribution in [0.4, 0.5) is 4.39 Å². The van der Waals surface area contributed by atoms with E-state index in [0.717, 1.165) is 12.0 Å². The fraction of sp³-hybridized carbons (Fsp3) is 0.263. The average molecular weight is 328 g/mol. The fourth-order valence-corrected chi connectivity index (χ4v) is 2.50. The summed E-state index contributed by atoms with van der Waals surface area (Å²) in [6.07, 6.45) is 0.832. The van der Waals surface area contributed by atoms with E-state index in [0.29, 0.717) is 0 Å². The lowest BCUT2D eigenvalue weighted by Gasteiger charge is -2.22. The molecule has 2 aromatic carbocycles. The van der Waals surface area contributed by atoms with Gasteiger partial charge in [-0.2, -0.15) is 0 Å². The molecule has 4 nitrogen and oxygen atoms in total. The van der Waals surface area contributed by atoms with Crippen molar-refractivity contribution in [3.63, 3.8) is 0 Å². The molecule has 0 saturated carbocycles. The van der Waals surface area contributed by atoms with Crippen molar-refractivity contribution in [3.8, 4) is 0 Å². The highest BCUT2D eigenvalue weighted by molar-refractivity contribution is 5.96.